The Balaban J connectivity index is 1.52. The number of thioether (sulfide) groups is 1. The molecular formula is C21H23N3O2S2. The van der Waals surface area contributed by atoms with Crippen molar-refractivity contribution >= 4 is 39.2 Å². The van der Waals surface area contributed by atoms with Gasteiger partial charge in [-0.1, -0.05) is 54.4 Å². The van der Waals surface area contributed by atoms with Gasteiger partial charge in [-0.2, -0.15) is 0 Å². The standard InChI is InChI=1S/C21H23N3O2S2/c1-14-6-8-15(9-7-14)16-12-27-20-18(16)19(26)22-21(23-20)28-13-17(25)24-10-4-2-3-5-11-24/h6-9,12H,2-5,10-11,13H2,1H3,(H,22,23,26). The summed E-state index contributed by atoms with van der Waals surface area (Å²) in [6.45, 7) is 3.72. The second kappa shape index (κ2) is 8.49. The lowest BCUT2D eigenvalue weighted by atomic mass is 10.1. The zero-order chi connectivity index (χ0) is 19.5. The third-order valence-corrected chi connectivity index (χ3v) is 6.81. The highest BCUT2D eigenvalue weighted by Gasteiger charge is 2.17. The van der Waals surface area contributed by atoms with Gasteiger partial charge in [0.05, 0.1) is 11.1 Å². The smallest absolute Gasteiger partial charge is 0.260 e. The van der Waals surface area contributed by atoms with Crippen molar-refractivity contribution in [1.82, 2.24) is 14.9 Å². The highest BCUT2D eigenvalue weighted by molar-refractivity contribution is 7.99. The fourth-order valence-corrected chi connectivity index (χ4v) is 5.25. The average Bonchev–Trinajstić information content (AvgIpc) is 2.93. The van der Waals surface area contributed by atoms with Crippen molar-refractivity contribution in [2.24, 2.45) is 0 Å². The van der Waals surface area contributed by atoms with Crippen molar-refractivity contribution in [3.05, 3.63) is 45.6 Å². The molecule has 5 nitrogen and oxygen atoms in total. The Kier molecular flexibility index (Phi) is 5.82. The van der Waals surface area contributed by atoms with Crippen molar-refractivity contribution in [3.63, 3.8) is 0 Å². The quantitative estimate of drug-likeness (QED) is 0.507. The molecule has 1 fully saturated rings. The first-order valence-corrected chi connectivity index (χ1v) is 11.5. The Morgan fingerprint density at radius 3 is 2.61 bits per heavy atom. The van der Waals surface area contributed by atoms with Crippen LogP contribution in [0.25, 0.3) is 21.3 Å². The number of thiophene rings is 1. The summed E-state index contributed by atoms with van der Waals surface area (Å²) in [6.07, 6.45) is 4.55. The molecule has 1 amide bonds. The fraction of sp³-hybridized carbons (Fsp3) is 0.381. The molecule has 2 aromatic heterocycles. The Morgan fingerprint density at radius 1 is 1.18 bits per heavy atom. The van der Waals surface area contributed by atoms with E-state index < -0.39 is 0 Å². The predicted molar refractivity (Wildman–Crippen MR) is 116 cm³/mol. The fourth-order valence-electron chi connectivity index (χ4n) is 3.48. The molecule has 1 N–H and O–H groups in total. The van der Waals surface area contributed by atoms with Gasteiger partial charge < -0.3 is 9.88 Å². The summed E-state index contributed by atoms with van der Waals surface area (Å²) >= 11 is 2.78. The molecule has 0 unspecified atom stereocenters. The molecule has 0 spiro atoms. The maximum atomic E-state index is 12.7. The number of aromatic amines is 1. The molecule has 7 heteroatoms. The Labute approximate surface area is 172 Å². The number of aromatic nitrogens is 2. The van der Waals surface area contributed by atoms with E-state index in [0.717, 1.165) is 37.1 Å². The van der Waals surface area contributed by atoms with Crippen LogP contribution < -0.4 is 5.56 Å². The molecule has 3 aromatic rings. The van der Waals surface area contributed by atoms with E-state index in [1.54, 1.807) is 0 Å². The number of carbonyl (C=O) groups is 1. The van der Waals surface area contributed by atoms with Crippen LogP contribution in [0.15, 0.2) is 39.6 Å². The number of aryl methyl sites for hydroxylation is 1. The third-order valence-electron chi connectivity index (χ3n) is 5.08. The van der Waals surface area contributed by atoms with Crippen molar-refractivity contribution in [3.8, 4) is 11.1 Å². The number of hydrogen-bond acceptors (Lipinski definition) is 5. The van der Waals surface area contributed by atoms with Gasteiger partial charge in [0.2, 0.25) is 5.91 Å². The van der Waals surface area contributed by atoms with Crippen molar-refractivity contribution < 1.29 is 4.79 Å². The second-order valence-corrected chi connectivity index (χ2v) is 8.97. The number of nitrogens with zero attached hydrogens (tertiary/aromatic N) is 2. The van der Waals surface area contributed by atoms with Gasteiger partial charge in [-0.15, -0.1) is 11.3 Å². The first-order valence-electron chi connectivity index (χ1n) is 9.61. The van der Waals surface area contributed by atoms with E-state index in [9.17, 15) is 9.59 Å². The number of benzene rings is 1. The van der Waals surface area contributed by atoms with Gasteiger partial charge in [0.15, 0.2) is 5.16 Å². The zero-order valence-corrected chi connectivity index (χ0v) is 17.5. The SMILES string of the molecule is Cc1ccc(-c2csc3nc(SCC(=O)N4CCCCCC4)[nH]c(=O)c23)cc1. The lowest BCUT2D eigenvalue weighted by Crippen LogP contribution is -2.33. The van der Waals surface area contributed by atoms with E-state index in [1.807, 2.05) is 41.5 Å². The number of H-pyrrole nitrogens is 1. The number of rotatable bonds is 4. The number of likely N-dealkylation sites (tertiary alicyclic amines) is 1. The highest BCUT2D eigenvalue weighted by Crippen LogP contribution is 2.31. The summed E-state index contributed by atoms with van der Waals surface area (Å²) in [6, 6.07) is 8.13. The predicted octanol–water partition coefficient (Wildman–Crippen LogP) is 4.45. The van der Waals surface area contributed by atoms with Crippen LogP contribution in [0.1, 0.15) is 31.2 Å². The molecular weight excluding hydrogens is 390 g/mol. The van der Waals surface area contributed by atoms with E-state index >= 15 is 0 Å². The van der Waals surface area contributed by atoms with Crippen molar-refractivity contribution in [2.75, 3.05) is 18.8 Å². The average molecular weight is 414 g/mol. The first kappa shape index (κ1) is 19.2. The van der Waals surface area contributed by atoms with Crippen molar-refractivity contribution in [1.29, 1.82) is 0 Å². The molecule has 1 aliphatic heterocycles. The van der Waals surface area contributed by atoms with E-state index in [-0.39, 0.29) is 11.5 Å². The summed E-state index contributed by atoms with van der Waals surface area (Å²) < 4.78 is 0. The molecule has 0 radical (unpaired) electrons. The molecule has 1 aromatic carbocycles. The van der Waals surface area contributed by atoms with Gasteiger partial charge in [-0.25, -0.2) is 4.98 Å². The third kappa shape index (κ3) is 4.15. The summed E-state index contributed by atoms with van der Waals surface area (Å²) in [5.41, 5.74) is 2.96. The van der Waals surface area contributed by atoms with Crippen LogP contribution in [-0.4, -0.2) is 39.6 Å². The molecule has 1 aliphatic rings. The minimum Gasteiger partial charge on any atom is -0.342 e. The number of hydrogen-bond donors (Lipinski definition) is 1. The minimum atomic E-state index is -0.147. The topological polar surface area (TPSA) is 66.1 Å². The summed E-state index contributed by atoms with van der Waals surface area (Å²) in [7, 11) is 0. The minimum absolute atomic E-state index is 0.126. The lowest BCUT2D eigenvalue weighted by molar-refractivity contribution is -0.128. The zero-order valence-electron chi connectivity index (χ0n) is 15.9. The number of amides is 1. The first-order chi connectivity index (χ1) is 13.6. The van der Waals surface area contributed by atoms with E-state index in [2.05, 4.69) is 9.97 Å². The van der Waals surface area contributed by atoms with Crippen LogP contribution in [0.5, 0.6) is 0 Å². The molecule has 0 aliphatic carbocycles. The summed E-state index contributed by atoms with van der Waals surface area (Å²) in [5, 5.41) is 3.11. The van der Waals surface area contributed by atoms with Gasteiger partial charge in [0.25, 0.3) is 5.56 Å². The van der Waals surface area contributed by atoms with Gasteiger partial charge in [-0.05, 0) is 25.3 Å². The van der Waals surface area contributed by atoms with E-state index in [0.29, 0.717) is 21.1 Å². The summed E-state index contributed by atoms with van der Waals surface area (Å²) in [4.78, 5) is 35.3. The normalized spacial score (nSPS) is 15.0. The largest absolute Gasteiger partial charge is 0.342 e. The van der Waals surface area contributed by atoms with E-state index in [1.165, 1.54) is 41.5 Å². The van der Waals surface area contributed by atoms with E-state index in [4.69, 9.17) is 0 Å². The van der Waals surface area contributed by atoms with Gasteiger partial charge in [0, 0.05) is 24.0 Å². The Morgan fingerprint density at radius 2 is 1.89 bits per heavy atom. The molecule has 146 valence electrons. The molecule has 28 heavy (non-hydrogen) atoms. The van der Waals surface area contributed by atoms with Crippen LogP contribution >= 0.6 is 23.1 Å². The Hall–Kier alpha value is -2.12. The highest BCUT2D eigenvalue weighted by atomic mass is 32.2. The molecule has 0 atom stereocenters. The van der Waals surface area contributed by atoms with Gasteiger partial charge >= 0.3 is 0 Å². The summed E-state index contributed by atoms with van der Waals surface area (Å²) in [5.74, 6) is 0.436. The van der Waals surface area contributed by atoms with Crippen LogP contribution in [-0.2, 0) is 4.79 Å². The Bertz CT molecular complexity index is 1030. The number of fused-ring (bicyclic) bond motifs is 1. The second-order valence-electron chi connectivity index (χ2n) is 7.15. The van der Waals surface area contributed by atoms with Gasteiger partial charge in [-0.3, -0.25) is 9.59 Å². The van der Waals surface area contributed by atoms with Crippen LogP contribution in [0, 0.1) is 6.92 Å². The van der Waals surface area contributed by atoms with Crippen molar-refractivity contribution in [2.45, 2.75) is 37.8 Å². The van der Waals surface area contributed by atoms with Crippen LogP contribution in [0.3, 0.4) is 0 Å². The number of nitrogens with one attached hydrogen (secondary N) is 1. The van der Waals surface area contributed by atoms with Gasteiger partial charge in [0.1, 0.15) is 4.83 Å². The molecule has 0 bridgehead atoms. The number of carbonyl (C=O) groups excluding carboxylic acids is 1. The van der Waals surface area contributed by atoms with Crippen LogP contribution in [0.2, 0.25) is 0 Å². The van der Waals surface area contributed by atoms with Crippen LogP contribution in [0.4, 0.5) is 0 Å². The monoisotopic (exact) mass is 413 g/mol. The lowest BCUT2D eigenvalue weighted by Gasteiger charge is -2.19. The maximum Gasteiger partial charge on any atom is 0.260 e. The molecule has 1 saturated heterocycles. The molecule has 3 heterocycles. The molecule has 0 saturated carbocycles. The molecule has 4 rings (SSSR count). The maximum absolute atomic E-state index is 12.7.